The van der Waals surface area contributed by atoms with Gasteiger partial charge in [-0.3, -0.25) is 4.79 Å². The molecule has 4 nitrogen and oxygen atoms in total. The van der Waals surface area contributed by atoms with Crippen molar-refractivity contribution in [2.75, 3.05) is 5.75 Å². The van der Waals surface area contributed by atoms with E-state index in [1.54, 1.807) is 24.3 Å². The minimum absolute atomic E-state index is 0.0382. The first-order chi connectivity index (χ1) is 8.81. The second kappa shape index (κ2) is 6.61. The Morgan fingerprint density at radius 3 is 2.11 bits per heavy atom. The van der Waals surface area contributed by atoms with Crippen molar-refractivity contribution in [2.24, 2.45) is 0 Å². The summed E-state index contributed by atoms with van der Waals surface area (Å²) in [5, 5.41) is 0. The second-order valence-corrected chi connectivity index (χ2v) is 6.73. The Morgan fingerprint density at radius 1 is 1.00 bits per heavy atom. The molecule has 1 rings (SSSR count). The topological polar surface area (TPSA) is 68.3 Å². The fraction of sp³-hybridized carbons (Fsp3) is 0.429. The van der Waals surface area contributed by atoms with E-state index in [1.165, 1.54) is 6.92 Å². The van der Waals surface area contributed by atoms with Crippen molar-refractivity contribution in [3.05, 3.63) is 29.8 Å². The molecule has 0 amide bonds. The van der Waals surface area contributed by atoms with Crippen LogP contribution >= 0.6 is 0 Å². The number of carbonyl (C=O) groups is 2. The molecular weight excluding hydrogens is 264 g/mol. The summed E-state index contributed by atoms with van der Waals surface area (Å²) >= 11 is 0. The molecule has 0 fully saturated rings. The number of rotatable bonds is 7. The largest absolute Gasteiger partial charge is 0.300 e. The molecule has 0 saturated heterocycles. The highest BCUT2D eigenvalue weighted by molar-refractivity contribution is 7.91. The van der Waals surface area contributed by atoms with Crippen molar-refractivity contribution in [2.45, 2.75) is 38.0 Å². The highest BCUT2D eigenvalue weighted by atomic mass is 32.2. The number of sulfone groups is 1. The van der Waals surface area contributed by atoms with Gasteiger partial charge in [0.1, 0.15) is 11.6 Å². The minimum atomic E-state index is -3.42. The van der Waals surface area contributed by atoms with Crippen LogP contribution in [0.5, 0.6) is 0 Å². The van der Waals surface area contributed by atoms with Crippen LogP contribution in [0.2, 0.25) is 0 Å². The summed E-state index contributed by atoms with van der Waals surface area (Å²) < 4.78 is 23.9. The first-order valence-electron chi connectivity index (χ1n) is 6.12. The predicted octanol–water partition coefficient (Wildman–Crippen LogP) is 2.10. The van der Waals surface area contributed by atoms with Gasteiger partial charge < -0.3 is 4.79 Å². The van der Waals surface area contributed by atoms with Gasteiger partial charge in [0.2, 0.25) is 0 Å². The SMILES string of the molecule is CC(=O)CCC(=O)CCS(=O)(=O)c1ccc(C)cc1. The van der Waals surface area contributed by atoms with E-state index in [4.69, 9.17) is 0 Å². The van der Waals surface area contributed by atoms with Crippen molar-refractivity contribution in [3.63, 3.8) is 0 Å². The molecule has 19 heavy (non-hydrogen) atoms. The molecule has 0 saturated carbocycles. The van der Waals surface area contributed by atoms with Crippen LogP contribution in [0, 0.1) is 6.92 Å². The fourth-order valence-electron chi connectivity index (χ4n) is 1.55. The zero-order valence-electron chi connectivity index (χ0n) is 11.2. The lowest BCUT2D eigenvalue weighted by Gasteiger charge is -2.04. The van der Waals surface area contributed by atoms with Crippen LogP contribution in [-0.4, -0.2) is 25.7 Å². The Kier molecular flexibility index (Phi) is 5.42. The number of carbonyl (C=O) groups excluding carboxylic acids is 2. The quantitative estimate of drug-likeness (QED) is 0.768. The van der Waals surface area contributed by atoms with E-state index >= 15 is 0 Å². The normalized spacial score (nSPS) is 11.3. The van der Waals surface area contributed by atoms with Crippen LogP contribution < -0.4 is 0 Å². The monoisotopic (exact) mass is 282 g/mol. The zero-order valence-corrected chi connectivity index (χ0v) is 12.0. The Balaban J connectivity index is 2.58. The standard InChI is InChI=1S/C14H18O4S/c1-11-3-7-14(8-4-11)19(17,18)10-9-13(16)6-5-12(2)15/h3-4,7-8H,5-6,9-10H2,1-2H3. The summed E-state index contributed by atoms with van der Waals surface area (Å²) in [6.45, 7) is 3.29. The lowest BCUT2D eigenvalue weighted by Crippen LogP contribution is -2.12. The highest BCUT2D eigenvalue weighted by Crippen LogP contribution is 2.13. The Morgan fingerprint density at radius 2 is 1.58 bits per heavy atom. The smallest absolute Gasteiger partial charge is 0.178 e. The van der Waals surface area contributed by atoms with Crippen LogP contribution in [0.25, 0.3) is 0 Å². The number of hydrogen-bond donors (Lipinski definition) is 0. The van der Waals surface area contributed by atoms with Gasteiger partial charge in [-0.2, -0.15) is 0 Å². The number of ketones is 2. The number of Topliss-reactive ketones (excluding diaryl/α,β-unsaturated/α-hetero) is 2. The molecule has 1 aromatic rings. The molecule has 0 aliphatic heterocycles. The molecule has 0 unspecified atom stereocenters. The molecule has 0 spiro atoms. The van der Waals surface area contributed by atoms with Crippen LogP contribution in [-0.2, 0) is 19.4 Å². The molecule has 5 heteroatoms. The predicted molar refractivity (Wildman–Crippen MR) is 72.8 cm³/mol. The van der Waals surface area contributed by atoms with Gasteiger partial charge >= 0.3 is 0 Å². The number of aryl methyl sites for hydroxylation is 1. The van der Waals surface area contributed by atoms with Gasteiger partial charge in [-0.25, -0.2) is 8.42 Å². The zero-order chi connectivity index (χ0) is 14.5. The van der Waals surface area contributed by atoms with E-state index in [0.717, 1.165) is 5.56 Å². The molecule has 0 bridgehead atoms. The van der Waals surface area contributed by atoms with Crippen molar-refractivity contribution in [1.29, 1.82) is 0 Å². The van der Waals surface area contributed by atoms with Gasteiger partial charge in [0.15, 0.2) is 9.84 Å². The number of hydrogen-bond acceptors (Lipinski definition) is 4. The molecule has 1 aromatic carbocycles. The van der Waals surface area contributed by atoms with Gasteiger partial charge in [-0.15, -0.1) is 0 Å². The molecule has 0 N–H and O–H groups in total. The lowest BCUT2D eigenvalue weighted by atomic mass is 10.1. The molecule has 0 aliphatic rings. The van der Waals surface area contributed by atoms with Gasteiger partial charge in [0.25, 0.3) is 0 Å². The Hall–Kier alpha value is -1.49. The molecule has 0 atom stereocenters. The van der Waals surface area contributed by atoms with E-state index < -0.39 is 9.84 Å². The van der Waals surface area contributed by atoms with E-state index in [2.05, 4.69) is 0 Å². The van der Waals surface area contributed by atoms with Crippen LogP contribution in [0.15, 0.2) is 29.2 Å². The summed E-state index contributed by atoms with van der Waals surface area (Å²) in [4.78, 5) is 22.4. The summed E-state index contributed by atoms with van der Waals surface area (Å²) in [5.41, 5.74) is 0.983. The first-order valence-corrected chi connectivity index (χ1v) is 7.77. The average molecular weight is 282 g/mol. The van der Waals surface area contributed by atoms with E-state index in [9.17, 15) is 18.0 Å². The van der Waals surface area contributed by atoms with Crippen molar-refractivity contribution >= 4 is 21.4 Å². The fourth-order valence-corrected chi connectivity index (χ4v) is 2.83. The molecular formula is C14H18O4S. The third-order valence-electron chi connectivity index (χ3n) is 2.79. The van der Waals surface area contributed by atoms with Crippen LogP contribution in [0.3, 0.4) is 0 Å². The summed E-state index contributed by atoms with van der Waals surface area (Å²) in [6, 6.07) is 6.55. The molecule has 0 aliphatic carbocycles. The summed E-state index contributed by atoms with van der Waals surface area (Å²) in [6.07, 6.45) is 0.269. The van der Waals surface area contributed by atoms with E-state index in [1.807, 2.05) is 6.92 Å². The maximum absolute atomic E-state index is 12.0. The molecule has 0 radical (unpaired) electrons. The number of benzene rings is 1. The van der Waals surface area contributed by atoms with Crippen molar-refractivity contribution in [3.8, 4) is 0 Å². The third kappa shape index (κ3) is 5.34. The Bertz CT molecular complexity index is 556. The summed E-state index contributed by atoms with van der Waals surface area (Å²) in [7, 11) is -3.42. The maximum atomic E-state index is 12.0. The van der Waals surface area contributed by atoms with Gasteiger partial charge in [-0.1, -0.05) is 17.7 Å². The highest BCUT2D eigenvalue weighted by Gasteiger charge is 2.16. The maximum Gasteiger partial charge on any atom is 0.178 e. The van der Waals surface area contributed by atoms with Crippen LogP contribution in [0.4, 0.5) is 0 Å². The van der Waals surface area contributed by atoms with Crippen molar-refractivity contribution in [1.82, 2.24) is 0 Å². The van der Waals surface area contributed by atoms with Gasteiger partial charge in [-0.05, 0) is 26.0 Å². The first kappa shape index (κ1) is 15.6. The Labute approximate surface area is 113 Å². The third-order valence-corrected chi connectivity index (χ3v) is 4.52. The summed E-state index contributed by atoms with van der Waals surface area (Å²) in [5.74, 6) is -0.451. The van der Waals surface area contributed by atoms with Gasteiger partial charge in [0.05, 0.1) is 10.6 Å². The molecule has 0 aromatic heterocycles. The van der Waals surface area contributed by atoms with Crippen molar-refractivity contribution < 1.29 is 18.0 Å². The lowest BCUT2D eigenvalue weighted by molar-refractivity contribution is -0.123. The van der Waals surface area contributed by atoms with Crippen LogP contribution in [0.1, 0.15) is 31.7 Å². The van der Waals surface area contributed by atoms with E-state index in [0.29, 0.717) is 0 Å². The molecule has 0 heterocycles. The second-order valence-electron chi connectivity index (χ2n) is 4.62. The average Bonchev–Trinajstić information content (AvgIpc) is 2.34. The van der Waals surface area contributed by atoms with Gasteiger partial charge in [0, 0.05) is 19.3 Å². The molecule has 104 valence electrons. The minimum Gasteiger partial charge on any atom is -0.300 e. The van der Waals surface area contributed by atoms with E-state index in [-0.39, 0.29) is 41.5 Å².